The lowest BCUT2D eigenvalue weighted by Gasteiger charge is -2.19. The molecule has 6 heteroatoms. The van der Waals surface area contributed by atoms with Crippen LogP contribution in [0.4, 0.5) is 0 Å². The Labute approximate surface area is 123 Å². The minimum Gasteiger partial charge on any atom is -0.366 e. The van der Waals surface area contributed by atoms with Crippen LogP contribution in [0.1, 0.15) is 24.6 Å². The van der Waals surface area contributed by atoms with Crippen molar-refractivity contribution < 1.29 is 0 Å². The van der Waals surface area contributed by atoms with Crippen molar-refractivity contribution in [3.8, 4) is 0 Å². The highest BCUT2D eigenvalue weighted by molar-refractivity contribution is 5.94. The molecule has 2 unspecified atom stereocenters. The van der Waals surface area contributed by atoms with Gasteiger partial charge in [0.05, 0.1) is 17.9 Å². The number of imidazole rings is 1. The number of dihydropyridines is 1. The van der Waals surface area contributed by atoms with Crippen LogP contribution in [0.2, 0.25) is 0 Å². The van der Waals surface area contributed by atoms with Crippen molar-refractivity contribution in [3.05, 3.63) is 42.4 Å². The Morgan fingerprint density at radius 2 is 2.38 bits per heavy atom. The maximum absolute atomic E-state index is 4.83. The van der Waals surface area contributed by atoms with Gasteiger partial charge >= 0.3 is 0 Å². The number of fused-ring (bicyclic) bond motifs is 1. The van der Waals surface area contributed by atoms with Gasteiger partial charge in [-0.05, 0) is 37.6 Å². The van der Waals surface area contributed by atoms with E-state index in [0.717, 1.165) is 43.1 Å². The van der Waals surface area contributed by atoms with Crippen molar-refractivity contribution in [3.63, 3.8) is 0 Å². The van der Waals surface area contributed by atoms with Crippen molar-refractivity contribution in [2.24, 2.45) is 4.99 Å². The topological polar surface area (TPSA) is 66.6 Å². The highest BCUT2D eigenvalue weighted by atomic mass is 15.3. The van der Waals surface area contributed by atoms with E-state index < -0.39 is 0 Å². The smallest absolute Gasteiger partial charge is 0.153 e. The molecule has 0 spiro atoms. The third kappa shape index (κ3) is 2.42. The number of hydrogen-bond donors (Lipinski definition) is 2. The first-order valence-corrected chi connectivity index (χ1v) is 7.40. The summed E-state index contributed by atoms with van der Waals surface area (Å²) < 4.78 is 1.88. The standard InChI is InChI=1S/C15H18N6/c1-3-12(13-10-17-15-5-2-7-18-21(13)15)20-14(4-1)19-11-6-8-16-9-11/h1-2,4-5,7,10-12,16H,3,6,8-9H2,(H,19,20). The summed E-state index contributed by atoms with van der Waals surface area (Å²) in [6.07, 6.45) is 9.94. The molecule has 0 saturated carbocycles. The molecular formula is C15H18N6. The van der Waals surface area contributed by atoms with E-state index in [1.807, 2.05) is 22.8 Å². The molecule has 1 saturated heterocycles. The van der Waals surface area contributed by atoms with Crippen LogP contribution in [0, 0.1) is 0 Å². The summed E-state index contributed by atoms with van der Waals surface area (Å²) in [5, 5.41) is 11.2. The molecule has 6 nitrogen and oxygen atoms in total. The summed E-state index contributed by atoms with van der Waals surface area (Å²) in [6.45, 7) is 2.09. The normalized spacial score (nSPS) is 25.2. The summed E-state index contributed by atoms with van der Waals surface area (Å²) in [7, 11) is 0. The highest BCUT2D eigenvalue weighted by Gasteiger charge is 2.20. The summed E-state index contributed by atoms with van der Waals surface area (Å²) in [6, 6.07) is 4.42. The van der Waals surface area contributed by atoms with Crippen LogP contribution in [0.15, 0.2) is 41.7 Å². The molecule has 0 bridgehead atoms. The molecule has 2 aliphatic rings. The molecule has 21 heavy (non-hydrogen) atoms. The van der Waals surface area contributed by atoms with Gasteiger partial charge in [0, 0.05) is 18.8 Å². The first kappa shape index (κ1) is 12.5. The van der Waals surface area contributed by atoms with E-state index in [9.17, 15) is 0 Å². The molecule has 0 radical (unpaired) electrons. The van der Waals surface area contributed by atoms with Gasteiger partial charge in [0.25, 0.3) is 0 Å². The minimum absolute atomic E-state index is 0.0803. The average Bonchev–Trinajstić information content (AvgIpc) is 3.16. The van der Waals surface area contributed by atoms with Crippen LogP contribution in [0.3, 0.4) is 0 Å². The Bertz CT molecular complexity index is 695. The van der Waals surface area contributed by atoms with Gasteiger partial charge in [0.15, 0.2) is 5.65 Å². The molecule has 4 heterocycles. The van der Waals surface area contributed by atoms with E-state index in [-0.39, 0.29) is 6.04 Å². The summed E-state index contributed by atoms with van der Waals surface area (Å²) in [5.74, 6) is 0.964. The van der Waals surface area contributed by atoms with Crippen molar-refractivity contribution in [1.29, 1.82) is 0 Å². The molecule has 0 aliphatic carbocycles. The van der Waals surface area contributed by atoms with E-state index in [0.29, 0.717) is 6.04 Å². The molecule has 4 rings (SSSR count). The Kier molecular flexibility index (Phi) is 3.16. The fourth-order valence-corrected chi connectivity index (χ4v) is 2.91. The van der Waals surface area contributed by atoms with E-state index in [2.05, 4.69) is 32.9 Å². The fraction of sp³-hybridized carbons (Fsp3) is 0.400. The van der Waals surface area contributed by atoms with Crippen LogP contribution in [0.5, 0.6) is 0 Å². The molecule has 2 atom stereocenters. The first-order valence-electron chi connectivity index (χ1n) is 7.40. The lowest BCUT2D eigenvalue weighted by Crippen LogP contribution is -2.36. The Morgan fingerprint density at radius 3 is 3.29 bits per heavy atom. The maximum atomic E-state index is 4.83. The fourth-order valence-electron chi connectivity index (χ4n) is 2.91. The largest absolute Gasteiger partial charge is 0.366 e. The number of aliphatic imine (C=N–C) groups is 1. The van der Waals surface area contributed by atoms with Gasteiger partial charge in [-0.3, -0.25) is 4.99 Å². The second-order valence-corrected chi connectivity index (χ2v) is 5.48. The average molecular weight is 282 g/mol. The minimum atomic E-state index is 0.0803. The third-order valence-electron chi connectivity index (χ3n) is 3.99. The Balaban J connectivity index is 1.60. The van der Waals surface area contributed by atoms with Crippen LogP contribution in [0.25, 0.3) is 5.65 Å². The third-order valence-corrected chi connectivity index (χ3v) is 3.99. The Hall–Kier alpha value is -2.21. The first-order chi connectivity index (χ1) is 10.4. The molecule has 0 amide bonds. The summed E-state index contributed by atoms with van der Waals surface area (Å²) >= 11 is 0. The van der Waals surface area contributed by atoms with E-state index in [4.69, 9.17) is 4.99 Å². The molecule has 2 aliphatic heterocycles. The molecule has 2 aromatic heterocycles. The molecule has 108 valence electrons. The zero-order valence-corrected chi connectivity index (χ0v) is 11.7. The van der Waals surface area contributed by atoms with Gasteiger partial charge in [-0.2, -0.15) is 5.10 Å². The molecule has 0 aromatic carbocycles. The SMILES string of the molecule is C1=CC(NC2CCNC2)=NC(c2cnc3cccnn23)C1. The van der Waals surface area contributed by atoms with E-state index in [1.165, 1.54) is 0 Å². The number of rotatable bonds is 2. The van der Waals surface area contributed by atoms with Crippen molar-refractivity contribution >= 4 is 11.5 Å². The van der Waals surface area contributed by atoms with Gasteiger partial charge < -0.3 is 10.6 Å². The zero-order chi connectivity index (χ0) is 14.1. The number of nitrogens with one attached hydrogen (secondary N) is 2. The van der Waals surface area contributed by atoms with Crippen LogP contribution < -0.4 is 10.6 Å². The van der Waals surface area contributed by atoms with Crippen LogP contribution in [-0.4, -0.2) is 39.6 Å². The second-order valence-electron chi connectivity index (χ2n) is 5.48. The summed E-state index contributed by atoms with van der Waals surface area (Å²) in [5.41, 5.74) is 1.91. The zero-order valence-electron chi connectivity index (χ0n) is 11.7. The van der Waals surface area contributed by atoms with Crippen molar-refractivity contribution in [1.82, 2.24) is 25.2 Å². The Morgan fingerprint density at radius 1 is 1.38 bits per heavy atom. The lowest BCUT2D eigenvalue weighted by molar-refractivity contribution is 0.635. The molecule has 1 fully saturated rings. The van der Waals surface area contributed by atoms with Crippen molar-refractivity contribution in [2.75, 3.05) is 13.1 Å². The van der Waals surface area contributed by atoms with Gasteiger partial charge in [-0.15, -0.1) is 0 Å². The maximum Gasteiger partial charge on any atom is 0.153 e. The molecule has 2 aromatic rings. The number of amidine groups is 1. The number of hydrogen-bond acceptors (Lipinski definition) is 5. The van der Waals surface area contributed by atoms with Crippen molar-refractivity contribution in [2.45, 2.75) is 24.9 Å². The quantitative estimate of drug-likeness (QED) is 0.865. The van der Waals surface area contributed by atoms with Gasteiger partial charge in [0.1, 0.15) is 5.84 Å². The van der Waals surface area contributed by atoms with Crippen LogP contribution >= 0.6 is 0 Å². The molecular weight excluding hydrogens is 264 g/mol. The predicted octanol–water partition coefficient (Wildman–Crippen LogP) is 1.08. The molecule has 2 N–H and O–H groups in total. The van der Waals surface area contributed by atoms with E-state index >= 15 is 0 Å². The van der Waals surface area contributed by atoms with Crippen LogP contribution in [-0.2, 0) is 0 Å². The lowest BCUT2D eigenvalue weighted by atomic mass is 10.1. The number of aromatic nitrogens is 3. The number of nitrogens with zero attached hydrogens (tertiary/aromatic N) is 4. The summed E-state index contributed by atoms with van der Waals surface area (Å²) in [4.78, 5) is 9.23. The monoisotopic (exact) mass is 282 g/mol. The van der Waals surface area contributed by atoms with E-state index in [1.54, 1.807) is 6.20 Å². The van der Waals surface area contributed by atoms with Gasteiger partial charge in [-0.25, -0.2) is 9.50 Å². The predicted molar refractivity (Wildman–Crippen MR) is 81.3 cm³/mol. The second kappa shape index (κ2) is 5.29. The van der Waals surface area contributed by atoms with Gasteiger partial charge in [-0.1, -0.05) is 6.08 Å². The van der Waals surface area contributed by atoms with Gasteiger partial charge in [0.2, 0.25) is 0 Å². The highest BCUT2D eigenvalue weighted by Crippen LogP contribution is 2.24.